The van der Waals surface area contributed by atoms with E-state index in [4.69, 9.17) is 0 Å². The summed E-state index contributed by atoms with van der Waals surface area (Å²) < 4.78 is 1.48. The summed E-state index contributed by atoms with van der Waals surface area (Å²) >= 11 is 1.40. The van der Waals surface area contributed by atoms with E-state index in [9.17, 15) is 0 Å². The van der Waals surface area contributed by atoms with Gasteiger partial charge in [0.05, 0.1) is 0 Å². The Bertz CT molecular complexity index is 11.1. The molecule has 0 saturated heterocycles. The Morgan fingerprint density at radius 1 is 1.60 bits per heavy atom. The quantitative estimate of drug-likeness (QED) is 0.661. The van der Waals surface area contributed by atoms with E-state index in [0.717, 1.165) is 0 Å². The molecule has 0 bridgehead atoms. The van der Waals surface area contributed by atoms with E-state index in [-0.39, 0.29) is 0 Å². The van der Waals surface area contributed by atoms with Crippen molar-refractivity contribution in [3.63, 3.8) is 0 Å². The Balaban J connectivity index is 2.19. The molecular weight excluding hydrogens is 255 g/mol. The first-order valence-electron chi connectivity index (χ1n) is 2.06. The third-order valence-electron chi connectivity index (χ3n) is 0.530. The molecule has 0 aromatic heterocycles. The van der Waals surface area contributed by atoms with Crippen molar-refractivity contribution in [3.05, 3.63) is 0 Å². The van der Waals surface area contributed by atoms with Crippen molar-refractivity contribution in [3.8, 4) is 0 Å². The minimum atomic E-state index is 1.38. The van der Waals surface area contributed by atoms with Crippen LogP contribution in [0.1, 0.15) is 19.8 Å². The molecule has 0 spiro atoms. The molecule has 0 aliphatic heterocycles. The fourth-order valence-corrected chi connectivity index (χ4v) is 1.55. The monoisotopic (exact) mass is 265 g/mol. The molecule has 0 heterocycles. The van der Waals surface area contributed by atoms with Crippen molar-refractivity contribution in [2.75, 3.05) is 0 Å². The summed E-state index contributed by atoms with van der Waals surface area (Å²) in [5.74, 6) is 0. The topological polar surface area (TPSA) is 0 Å². The molecular formula is C4H9Pb. The maximum absolute atomic E-state index is 2.23. The molecule has 0 rings (SSSR count). The molecule has 0 aromatic rings. The van der Waals surface area contributed by atoms with Gasteiger partial charge in [-0.25, -0.2) is 0 Å². The van der Waals surface area contributed by atoms with Gasteiger partial charge < -0.3 is 0 Å². The van der Waals surface area contributed by atoms with Crippen LogP contribution in [0.3, 0.4) is 0 Å². The molecule has 0 saturated carbocycles. The Hall–Kier alpha value is 0.922. The Labute approximate surface area is 49.6 Å². The van der Waals surface area contributed by atoms with E-state index in [2.05, 4.69) is 6.92 Å². The molecule has 0 aromatic carbocycles. The van der Waals surface area contributed by atoms with Crippen LogP contribution in [-0.4, -0.2) is 25.8 Å². The fraction of sp³-hybridized carbons (Fsp3) is 1.00. The van der Waals surface area contributed by atoms with Crippen molar-refractivity contribution in [2.45, 2.75) is 23.7 Å². The van der Waals surface area contributed by atoms with Crippen LogP contribution in [0, 0.1) is 0 Å². The first-order valence-corrected chi connectivity index (χ1v) is 4.81. The van der Waals surface area contributed by atoms with E-state index in [0.29, 0.717) is 0 Å². The van der Waals surface area contributed by atoms with Gasteiger partial charge >= 0.3 is 49.5 Å². The van der Waals surface area contributed by atoms with Gasteiger partial charge in [0.2, 0.25) is 0 Å². The van der Waals surface area contributed by atoms with Gasteiger partial charge in [-0.15, -0.1) is 0 Å². The number of hydrogen-bond donors (Lipinski definition) is 0. The number of rotatable bonds is 2. The average molecular weight is 264 g/mol. The van der Waals surface area contributed by atoms with Gasteiger partial charge in [-0.3, -0.25) is 0 Å². The second kappa shape index (κ2) is 4.92. The summed E-state index contributed by atoms with van der Waals surface area (Å²) in [4.78, 5) is 0. The van der Waals surface area contributed by atoms with Crippen molar-refractivity contribution >= 4 is 25.8 Å². The summed E-state index contributed by atoms with van der Waals surface area (Å²) in [7, 11) is 0. The predicted octanol–water partition coefficient (Wildman–Crippen LogP) is 1.37. The third kappa shape index (κ3) is 4.92. The standard InChI is InChI=1S/C4H9.Pb/c1-3-4-2;/h1,3-4H2,2H3;. The van der Waals surface area contributed by atoms with Gasteiger partial charge in [0.1, 0.15) is 0 Å². The molecule has 0 aliphatic rings. The van der Waals surface area contributed by atoms with Gasteiger partial charge in [-0.05, 0) is 0 Å². The first kappa shape index (κ1) is 5.92. The maximum atomic E-state index is 2.23. The minimum absolute atomic E-state index is 1.38. The molecule has 0 N–H and O–H groups in total. The predicted molar refractivity (Wildman–Crippen MR) is 25.5 cm³/mol. The van der Waals surface area contributed by atoms with Crippen LogP contribution < -0.4 is 0 Å². The van der Waals surface area contributed by atoms with Crippen LogP contribution in [0.15, 0.2) is 0 Å². The molecule has 0 atom stereocenters. The van der Waals surface area contributed by atoms with Crippen LogP contribution in [0.4, 0.5) is 0 Å². The Morgan fingerprint density at radius 3 is 2.20 bits per heavy atom. The Kier molecular flexibility index (Phi) is 5.83. The average Bonchev–Trinajstić information content (AvgIpc) is 1.41. The van der Waals surface area contributed by atoms with Crippen molar-refractivity contribution in [2.24, 2.45) is 0 Å². The molecule has 0 fully saturated rings. The summed E-state index contributed by atoms with van der Waals surface area (Å²) in [5, 5.41) is 0. The summed E-state index contributed by atoms with van der Waals surface area (Å²) in [6.45, 7) is 2.23. The zero-order chi connectivity index (χ0) is 4.12. The molecule has 1 heteroatoms. The molecule has 0 nitrogen and oxygen atoms in total. The van der Waals surface area contributed by atoms with Gasteiger partial charge in [0.15, 0.2) is 0 Å². The van der Waals surface area contributed by atoms with Crippen LogP contribution in [0.25, 0.3) is 0 Å². The van der Waals surface area contributed by atoms with E-state index >= 15 is 0 Å². The first-order chi connectivity index (χ1) is 2.41. The Morgan fingerprint density at radius 2 is 2.20 bits per heavy atom. The molecule has 0 amide bonds. The van der Waals surface area contributed by atoms with Crippen LogP contribution in [-0.2, 0) is 0 Å². The van der Waals surface area contributed by atoms with E-state index in [1.165, 1.54) is 42.6 Å². The summed E-state index contributed by atoms with van der Waals surface area (Å²) in [6.07, 6.45) is 2.83. The number of unbranched alkanes of at least 4 members (excludes halogenated alkanes) is 1. The fourth-order valence-electron chi connectivity index (χ4n) is 0.177. The zero-order valence-corrected chi connectivity index (χ0v) is 7.51. The molecule has 29 valence electrons. The SMILES string of the molecule is CCC[CH2][Pb]. The molecule has 0 unspecified atom stereocenters. The third-order valence-corrected chi connectivity index (χ3v) is 1.90. The molecule has 5 heavy (non-hydrogen) atoms. The molecule has 3 radical (unpaired) electrons. The normalized spacial score (nSPS) is 8.40. The van der Waals surface area contributed by atoms with Crippen LogP contribution in [0.2, 0.25) is 3.98 Å². The second-order valence-electron chi connectivity index (χ2n) is 1.10. The number of hydrogen-bond acceptors (Lipinski definition) is 0. The van der Waals surface area contributed by atoms with Crippen molar-refractivity contribution in [1.29, 1.82) is 0 Å². The van der Waals surface area contributed by atoms with Crippen LogP contribution >= 0.6 is 0 Å². The van der Waals surface area contributed by atoms with E-state index in [1.54, 1.807) is 0 Å². The van der Waals surface area contributed by atoms with Crippen molar-refractivity contribution < 1.29 is 0 Å². The van der Waals surface area contributed by atoms with E-state index < -0.39 is 0 Å². The zero-order valence-electron chi connectivity index (χ0n) is 3.62. The van der Waals surface area contributed by atoms with Crippen molar-refractivity contribution in [1.82, 2.24) is 0 Å². The summed E-state index contributed by atoms with van der Waals surface area (Å²) in [5.41, 5.74) is 0. The van der Waals surface area contributed by atoms with Crippen LogP contribution in [0.5, 0.6) is 0 Å². The molecule has 0 aliphatic carbocycles. The summed E-state index contributed by atoms with van der Waals surface area (Å²) in [6, 6.07) is 0. The van der Waals surface area contributed by atoms with Gasteiger partial charge in [-0.1, -0.05) is 0 Å². The van der Waals surface area contributed by atoms with E-state index in [1.807, 2.05) is 0 Å². The van der Waals surface area contributed by atoms with Gasteiger partial charge in [-0.2, -0.15) is 0 Å². The van der Waals surface area contributed by atoms with Gasteiger partial charge in [0.25, 0.3) is 0 Å². The second-order valence-corrected chi connectivity index (χ2v) is 3.05. The van der Waals surface area contributed by atoms with Gasteiger partial charge in [0, 0.05) is 0 Å².